The Bertz CT molecular complexity index is 911. The highest BCUT2D eigenvalue weighted by atomic mass is 15.4. The number of rotatable bonds is 4. The summed E-state index contributed by atoms with van der Waals surface area (Å²) in [7, 11) is 0. The van der Waals surface area contributed by atoms with Crippen molar-refractivity contribution >= 4 is 11.4 Å². The number of hydrogen-bond donors (Lipinski definition) is 0. The maximum Gasteiger partial charge on any atom is 0.114 e. The summed E-state index contributed by atoms with van der Waals surface area (Å²) in [6.45, 7) is 15.4. The van der Waals surface area contributed by atoms with Gasteiger partial charge in [-0.25, -0.2) is 0 Å². The summed E-state index contributed by atoms with van der Waals surface area (Å²) in [4.78, 5) is 4.91. The van der Waals surface area contributed by atoms with Crippen molar-refractivity contribution in [1.82, 2.24) is 0 Å². The van der Waals surface area contributed by atoms with Crippen LogP contribution in [0.25, 0.3) is 0 Å². The van der Waals surface area contributed by atoms with Gasteiger partial charge in [-0.05, 0) is 42.3 Å². The second-order valence-corrected chi connectivity index (χ2v) is 7.74. The van der Waals surface area contributed by atoms with Crippen LogP contribution in [0.5, 0.6) is 0 Å². The Kier molecular flexibility index (Phi) is 4.22. The topological polar surface area (TPSA) is 6.48 Å². The zero-order valence-corrected chi connectivity index (χ0v) is 16.5. The summed E-state index contributed by atoms with van der Waals surface area (Å²) >= 11 is 0. The molecule has 2 aromatic carbocycles. The average Bonchev–Trinajstić information content (AvgIpc) is 3.07. The molecule has 2 heteroatoms. The highest BCUT2D eigenvalue weighted by Crippen LogP contribution is 2.54. The van der Waals surface area contributed by atoms with Gasteiger partial charge in [0.1, 0.15) is 6.17 Å². The predicted octanol–water partition coefficient (Wildman–Crippen LogP) is 6.24. The molecule has 2 nitrogen and oxygen atoms in total. The van der Waals surface area contributed by atoms with Gasteiger partial charge in [0.2, 0.25) is 0 Å². The number of nitrogens with zero attached hydrogens (tertiary/aromatic N) is 2. The molecule has 3 unspecified atom stereocenters. The molecule has 4 rings (SSSR count). The molecular formula is C25H28N2. The standard InChI is InChI=1S/C25H28N2/c1-6-21-22(7-2)27-23-17-13-12-16-20(23)25(5,8-3)18(4)24(27)26(21)19-14-10-9-11-15-19/h6-7,9-18,24H,1-2,8H2,3-5H3. The fourth-order valence-corrected chi connectivity index (χ4v) is 4.91. The lowest BCUT2D eigenvalue weighted by Crippen LogP contribution is -2.55. The molecule has 0 fully saturated rings. The molecule has 2 heterocycles. The Morgan fingerprint density at radius 3 is 2.15 bits per heavy atom. The largest absolute Gasteiger partial charge is 0.318 e. The summed E-state index contributed by atoms with van der Waals surface area (Å²) in [5, 5.41) is 0. The first kappa shape index (κ1) is 17.7. The first-order valence-electron chi connectivity index (χ1n) is 9.80. The van der Waals surface area contributed by atoms with Crippen molar-refractivity contribution < 1.29 is 0 Å². The molecule has 138 valence electrons. The molecule has 0 spiro atoms. The van der Waals surface area contributed by atoms with E-state index in [2.05, 4.69) is 98.3 Å². The van der Waals surface area contributed by atoms with Gasteiger partial charge < -0.3 is 9.80 Å². The molecule has 0 N–H and O–H groups in total. The number of fused-ring (bicyclic) bond motifs is 3. The van der Waals surface area contributed by atoms with Gasteiger partial charge in [0.05, 0.1) is 11.4 Å². The van der Waals surface area contributed by atoms with Crippen molar-refractivity contribution in [3.05, 3.63) is 96.9 Å². The van der Waals surface area contributed by atoms with Crippen LogP contribution in [0.15, 0.2) is 91.3 Å². The van der Waals surface area contributed by atoms with E-state index in [1.54, 1.807) is 0 Å². The third kappa shape index (κ3) is 2.32. The van der Waals surface area contributed by atoms with Crippen molar-refractivity contribution in [2.75, 3.05) is 9.80 Å². The highest BCUT2D eigenvalue weighted by molar-refractivity contribution is 5.75. The molecule has 0 aromatic heterocycles. The van der Waals surface area contributed by atoms with Crippen LogP contribution in [0, 0.1) is 5.92 Å². The van der Waals surface area contributed by atoms with E-state index in [-0.39, 0.29) is 11.6 Å². The third-order valence-electron chi connectivity index (χ3n) is 6.70. The van der Waals surface area contributed by atoms with Crippen molar-refractivity contribution in [2.24, 2.45) is 5.92 Å². The lowest BCUT2D eigenvalue weighted by Gasteiger charge is -2.51. The average molecular weight is 357 g/mol. The smallest absolute Gasteiger partial charge is 0.114 e. The Morgan fingerprint density at radius 2 is 1.52 bits per heavy atom. The number of hydrogen-bond acceptors (Lipinski definition) is 2. The highest BCUT2D eigenvalue weighted by Gasteiger charge is 2.52. The van der Waals surface area contributed by atoms with Gasteiger partial charge in [-0.3, -0.25) is 0 Å². The van der Waals surface area contributed by atoms with Gasteiger partial charge in [-0.15, -0.1) is 0 Å². The molecule has 0 amide bonds. The minimum Gasteiger partial charge on any atom is -0.318 e. The van der Waals surface area contributed by atoms with Crippen LogP contribution < -0.4 is 9.80 Å². The number of allylic oxidation sites excluding steroid dienone is 2. The van der Waals surface area contributed by atoms with Crippen molar-refractivity contribution in [3.63, 3.8) is 0 Å². The van der Waals surface area contributed by atoms with Gasteiger partial charge >= 0.3 is 0 Å². The Balaban J connectivity index is 2.01. The van der Waals surface area contributed by atoms with Gasteiger partial charge in [-0.1, -0.05) is 70.3 Å². The third-order valence-corrected chi connectivity index (χ3v) is 6.70. The van der Waals surface area contributed by atoms with Crippen LogP contribution >= 0.6 is 0 Å². The summed E-state index contributed by atoms with van der Waals surface area (Å²) < 4.78 is 0. The lowest BCUT2D eigenvalue weighted by molar-refractivity contribution is 0.246. The van der Waals surface area contributed by atoms with E-state index < -0.39 is 0 Å². The fourth-order valence-electron chi connectivity index (χ4n) is 4.91. The normalized spacial score (nSPS) is 26.6. The van der Waals surface area contributed by atoms with Gasteiger partial charge in [0.15, 0.2) is 0 Å². The van der Waals surface area contributed by atoms with Gasteiger partial charge in [0.25, 0.3) is 0 Å². The molecule has 0 saturated carbocycles. The molecule has 0 radical (unpaired) electrons. The fraction of sp³-hybridized carbons (Fsp3) is 0.280. The number of anilines is 2. The molecule has 0 saturated heterocycles. The van der Waals surface area contributed by atoms with Crippen molar-refractivity contribution in [3.8, 4) is 0 Å². The SMILES string of the molecule is C=CC1=C(C=C)N2c3ccccc3C(C)(CC)C(C)C2N1c1ccccc1. The number of benzene rings is 2. The van der Waals surface area contributed by atoms with Crippen LogP contribution in [0.2, 0.25) is 0 Å². The summed E-state index contributed by atoms with van der Waals surface area (Å²) in [6, 6.07) is 19.5. The molecule has 2 aromatic rings. The Hall–Kier alpha value is -2.74. The maximum atomic E-state index is 4.14. The van der Waals surface area contributed by atoms with Crippen LogP contribution in [-0.2, 0) is 5.41 Å². The first-order valence-corrected chi connectivity index (χ1v) is 9.80. The minimum absolute atomic E-state index is 0.105. The van der Waals surface area contributed by atoms with E-state index in [0.717, 1.165) is 17.8 Å². The molecular weight excluding hydrogens is 328 g/mol. The monoisotopic (exact) mass is 356 g/mol. The van der Waals surface area contributed by atoms with E-state index in [1.807, 2.05) is 12.2 Å². The van der Waals surface area contributed by atoms with Crippen LogP contribution in [0.4, 0.5) is 11.4 Å². The Labute approximate surface area is 163 Å². The zero-order valence-electron chi connectivity index (χ0n) is 16.5. The first-order chi connectivity index (χ1) is 13.1. The van der Waals surface area contributed by atoms with Crippen molar-refractivity contribution in [2.45, 2.75) is 38.8 Å². The molecule has 2 aliphatic rings. The van der Waals surface area contributed by atoms with E-state index in [9.17, 15) is 0 Å². The van der Waals surface area contributed by atoms with E-state index in [4.69, 9.17) is 0 Å². The zero-order chi connectivity index (χ0) is 19.2. The van der Waals surface area contributed by atoms with Crippen molar-refractivity contribution in [1.29, 1.82) is 0 Å². The summed E-state index contributed by atoms with van der Waals surface area (Å²) in [6.07, 6.45) is 5.25. The quantitative estimate of drug-likeness (QED) is 0.640. The summed E-state index contributed by atoms with van der Waals surface area (Å²) in [5.41, 5.74) is 6.28. The molecule has 3 atom stereocenters. The molecule has 2 aliphatic heterocycles. The van der Waals surface area contributed by atoms with Crippen LogP contribution in [-0.4, -0.2) is 6.17 Å². The van der Waals surface area contributed by atoms with Gasteiger partial charge in [-0.2, -0.15) is 0 Å². The molecule has 27 heavy (non-hydrogen) atoms. The summed E-state index contributed by atoms with van der Waals surface area (Å²) in [5.74, 6) is 0.421. The van der Waals surface area contributed by atoms with Gasteiger partial charge in [0, 0.05) is 22.7 Å². The predicted molar refractivity (Wildman–Crippen MR) is 116 cm³/mol. The minimum atomic E-state index is 0.105. The van der Waals surface area contributed by atoms with Crippen LogP contribution in [0.1, 0.15) is 32.8 Å². The lowest BCUT2D eigenvalue weighted by atomic mass is 9.66. The second-order valence-electron chi connectivity index (χ2n) is 7.74. The maximum absolute atomic E-state index is 4.14. The van der Waals surface area contributed by atoms with Crippen LogP contribution in [0.3, 0.4) is 0 Å². The second kappa shape index (κ2) is 6.45. The molecule has 0 aliphatic carbocycles. The van der Waals surface area contributed by atoms with E-state index in [0.29, 0.717) is 5.92 Å². The Morgan fingerprint density at radius 1 is 0.926 bits per heavy atom. The van der Waals surface area contributed by atoms with E-state index in [1.165, 1.54) is 16.9 Å². The number of para-hydroxylation sites is 2. The van der Waals surface area contributed by atoms with E-state index >= 15 is 0 Å². The molecule has 0 bridgehead atoms.